The van der Waals surface area contributed by atoms with E-state index in [-0.39, 0.29) is 5.82 Å². The first kappa shape index (κ1) is 12.8. The Morgan fingerprint density at radius 2 is 1.82 bits per heavy atom. The quantitative estimate of drug-likeness (QED) is 0.880. The smallest absolute Gasteiger partial charge is 0.183 e. The topological polar surface area (TPSA) is 25.2 Å². The van der Waals surface area contributed by atoms with Gasteiger partial charge in [0.25, 0.3) is 0 Å². The average molecular weight is 363 g/mol. The van der Waals surface area contributed by atoms with E-state index in [0.29, 0.717) is 17.8 Å². The van der Waals surface area contributed by atoms with E-state index in [1.54, 1.807) is 12.1 Å². The minimum absolute atomic E-state index is 0.215. The molecule has 0 fully saturated rings. The molecule has 0 aliphatic rings. The van der Waals surface area contributed by atoms with Gasteiger partial charge in [0, 0.05) is 6.54 Å². The Morgan fingerprint density at radius 3 is 2.41 bits per heavy atom. The summed E-state index contributed by atoms with van der Waals surface area (Å²) < 4.78 is 19.7. The Kier molecular flexibility index (Phi) is 4.36. The summed E-state index contributed by atoms with van der Waals surface area (Å²) in [5.41, 5.74) is 1.04. The molecule has 0 aliphatic heterocycles. The zero-order valence-electron chi connectivity index (χ0n) is 8.84. The third kappa shape index (κ3) is 3.66. The predicted molar refractivity (Wildman–Crippen MR) is 71.1 cm³/mol. The van der Waals surface area contributed by atoms with E-state index >= 15 is 0 Å². The molecule has 1 N–H and O–H groups in total. The molecule has 17 heavy (non-hydrogen) atoms. The van der Waals surface area contributed by atoms with Crippen molar-refractivity contribution in [2.45, 2.75) is 13.1 Å². The van der Waals surface area contributed by atoms with Crippen molar-refractivity contribution < 1.29 is 8.81 Å². The number of rotatable bonds is 4. The maximum Gasteiger partial charge on any atom is 0.183 e. The van der Waals surface area contributed by atoms with E-state index in [1.165, 1.54) is 12.1 Å². The van der Waals surface area contributed by atoms with Crippen molar-refractivity contribution in [3.8, 4) is 0 Å². The number of benzene rings is 1. The monoisotopic (exact) mass is 361 g/mol. The Bertz CT molecular complexity index is 476. The molecule has 1 heterocycles. The van der Waals surface area contributed by atoms with Crippen molar-refractivity contribution in [2.75, 3.05) is 0 Å². The lowest BCUT2D eigenvalue weighted by atomic mass is 10.2. The van der Waals surface area contributed by atoms with Crippen molar-refractivity contribution in [1.29, 1.82) is 0 Å². The van der Waals surface area contributed by atoms with E-state index in [4.69, 9.17) is 4.42 Å². The van der Waals surface area contributed by atoms with Gasteiger partial charge in [-0.1, -0.05) is 12.1 Å². The molecule has 2 nitrogen and oxygen atoms in total. The SMILES string of the molecule is Fc1ccc(CNCc2cc(Br)c(Br)o2)cc1. The molecule has 2 aromatic rings. The highest BCUT2D eigenvalue weighted by Crippen LogP contribution is 2.26. The first-order chi connectivity index (χ1) is 8.15. The van der Waals surface area contributed by atoms with Gasteiger partial charge in [-0.2, -0.15) is 0 Å². The van der Waals surface area contributed by atoms with Gasteiger partial charge in [-0.15, -0.1) is 0 Å². The van der Waals surface area contributed by atoms with Crippen molar-refractivity contribution in [2.24, 2.45) is 0 Å². The van der Waals surface area contributed by atoms with Crippen LogP contribution in [0.2, 0.25) is 0 Å². The second kappa shape index (κ2) is 5.80. The molecule has 0 saturated heterocycles. The maximum atomic E-state index is 12.7. The van der Waals surface area contributed by atoms with Crippen LogP contribution in [0.1, 0.15) is 11.3 Å². The molecular weight excluding hydrogens is 353 g/mol. The van der Waals surface area contributed by atoms with Crippen LogP contribution in [-0.4, -0.2) is 0 Å². The van der Waals surface area contributed by atoms with Crippen molar-refractivity contribution in [3.63, 3.8) is 0 Å². The molecule has 0 atom stereocenters. The molecule has 1 aromatic heterocycles. The van der Waals surface area contributed by atoms with Gasteiger partial charge in [0.2, 0.25) is 0 Å². The fourth-order valence-corrected chi connectivity index (χ4v) is 2.07. The maximum absolute atomic E-state index is 12.7. The summed E-state index contributed by atoms with van der Waals surface area (Å²) in [4.78, 5) is 0. The molecule has 0 unspecified atom stereocenters. The molecule has 1 aromatic carbocycles. The third-order valence-corrected chi connectivity index (χ3v) is 3.95. The summed E-state index contributed by atoms with van der Waals surface area (Å²) in [6.45, 7) is 1.30. The number of furan rings is 1. The first-order valence-electron chi connectivity index (χ1n) is 5.04. The van der Waals surface area contributed by atoms with Crippen LogP contribution < -0.4 is 5.32 Å². The lowest BCUT2D eigenvalue weighted by Gasteiger charge is -2.02. The van der Waals surface area contributed by atoms with Crippen LogP contribution in [0, 0.1) is 5.82 Å². The first-order valence-corrected chi connectivity index (χ1v) is 6.62. The van der Waals surface area contributed by atoms with Gasteiger partial charge >= 0.3 is 0 Å². The standard InChI is InChI=1S/C12H10Br2FNO/c13-11-5-10(17-12(11)14)7-16-6-8-1-3-9(15)4-2-8/h1-5,16H,6-7H2. The van der Waals surface area contributed by atoms with Crippen LogP contribution in [-0.2, 0) is 13.1 Å². The molecule has 2 rings (SSSR count). The van der Waals surface area contributed by atoms with E-state index in [9.17, 15) is 4.39 Å². The highest BCUT2D eigenvalue weighted by molar-refractivity contribution is 9.13. The predicted octanol–water partition coefficient (Wildman–Crippen LogP) is 4.23. The highest BCUT2D eigenvalue weighted by atomic mass is 79.9. The van der Waals surface area contributed by atoms with E-state index < -0.39 is 0 Å². The lowest BCUT2D eigenvalue weighted by molar-refractivity contribution is 0.464. The van der Waals surface area contributed by atoms with Gasteiger partial charge in [-0.3, -0.25) is 0 Å². The molecule has 0 spiro atoms. The van der Waals surface area contributed by atoms with Gasteiger partial charge in [0.15, 0.2) is 4.67 Å². The minimum Gasteiger partial charge on any atom is -0.452 e. The van der Waals surface area contributed by atoms with Gasteiger partial charge in [0.05, 0.1) is 11.0 Å². The Balaban J connectivity index is 1.85. The summed E-state index contributed by atoms with van der Waals surface area (Å²) in [6, 6.07) is 8.34. The third-order valence-electron chi connectivity index (χ3n) is 2.24. The van der Waals surface area contributed by atoms with Gasteiger partial charge in [0.1, 0.15) is 11.6 Å². The van der Waals surface area contributed by atoms with Crippen LogP contribution in [0.25, 0.3) is 0 Å². The molecule has 0 aliphatic carbocycles. The summed E-state index contributed by atoms with van der Waals surface area (Å²) >= 11 is 6.63. The van der Waals surface area contributed by atoms with Crippen molar-refractivity contribution in [3.05, 3.63) is 56.6 Å². The van der Waals surface area contributed by atoms with Crippen LogP contribution in [0.5, 0.6) is 0 Å². The molecule has 0 bridgehead atoms. The fourth-order valence-electron chi connectivity index (χ4n) is 1.41. The van der Waals surface area contributed by atoms with Gasteiger partial charge in [-0.05, 0) is 55.6 Å². The van der Waals surface area contributed by atoms with Gasteiger partial charge < -0.3 is 9.73 Å². The molecular formula is C12H10Br2FNO. The van der Waals surface area contributed by atoms with E-state index in [0.717, 1.165) is 15.8 Å². The Hall–Kier alpha value is -0.650. The van der Waals surface area contributed by atoms with Crippen LogP contribution in [0.3, 0.4) is 0 Å². The molecule has 90 valence electrons. The largest absolute Gasteiger partial charge is 0.452 e. The molecule has 0 radical (unpaired) electrons. The summed E-state index contributed by atoms with van der Waals surface area (Å²) in [5.74, 6) is 0.624. The number of halogens is 3. The average Bonchev–Trinajstić information content (AvgIpc) is 2.61. The molecule has 5 heteroatoms. The van der Waals surface area contributed by atoms with E-state index in [1.807, 2.05) is 6.07 Å². The molecule has 0 amide bonds. The number of hydrogen-bond acceptors (Lipinski definition) is 2. The summed E-state index contributed by atoms with van der Waals surface area (Å²) in [5, 5.41) is 3.22. The lowest BCUT2D eigenvalue weighted by Crippen LogP contribution is -2.11. The van der Waals surface area contributed by atoms with Gasteiger partial charge in [-0.25, -0.2) is 4.39 Å². The van der Waals surface area contributed by atoms with Crippen molar-refractivity contribution >= 4 is 31.9 Å². The Morgan fingerprint density at radius 1 is 1.12 bits per heavy atom. The summed E-state index contributed by atoms with van der Waals surface area (Å²) in [7, 11) is 0. The minimum atomic E-state index is -0.215. The summed E-state index contributed by atoms with van der Waals surface area (Å²) in [6.07, 6.45) is 0. The van der Waals surface area contributed by atoms with E-state index in [2.05, 4.69) is 37.2 Å². The van der Waals surface area contributed by atoms with Crippen LogP contribution >= 0.6 is 31.9 Å². The second-order valence-corrected chi connectivity index (χ2v) is 5.14. The Labute approximate surface area is 115 Å². The fraction of sp³-hybridized carbons (Fsp3) is 0.167. The zero-order valence-corrected chi connectivity index (χ0v) is 12.0. The van der Waals surface area contributed by atoms with Crippen molar-refractivity contribution in [1.82, 2.24) is 5.32 Å². The molecule has 0 saturated carbocycles. The number of nitrogens with one attached hydrogen (secondary N) is 1. The number of hydrogen-bond donors (Lipinski definition) is 1. The highest BCUT2D eigenvalue weighted by Gasteiger charge is 2.05. The normalized spacial score (nSPS) is 10.8. The second-order valence-electron chi connectivity index (χ2n) is 3.56. The zero-order chi connectivity index (χ0) is 12.3. The van der Waals surface area contributed by atoms with Crippen LogP contribution in [0.15, 0.2) is 43.9 Å². The van der Waals surface area contributed by atoms with Crippen LogP contribution in [0.4, 0.5) is 4.39 Å².